The highest BCUT2D eigenvalue weighted by atomic mass is 32.1. The predicted molar refractivity (Wildman–Crippen MR) is 98.9 cm³/mol. The summed E-state index contributed by atoms with van der Waals surface area (Å²) in [5.74, 6) is -0.218. The minimum atomic E-state index is -0.565. The third-order valence-electron chi connectivity index (χ3n) is 4.47. The van der Waals surface area contributed by atoms with Gasteiger partial charge in [-0.2, -0.15) is 0 Å². The molecule has 0 saturated carbocycles. The van der Waals surface area contributed by atoms with Crippen LogP contribution in [0.2, 0.25) is 0 Å². The quantitative estimate of drug-likeness (QED) is 0.765. The van der Waals surface area contributed by atoms with Crippen molar-refractivity contribution in [2.45, 2.75) is 12.8 Å². The summed E-state index contributed by atoms with van der Waals surface area (Å²) in [4.78, 5) is 25.3. The number of nitrogens with one attached hydrogen (secondary N) is 2. The van der Waals surface area contributed by atoms with Crippen LogP contribution in [-0.4, -0.2) is 31.6 Å². The molecule has 2 aromatic rings. The molecule has 0 spiro atoms. The SMILES string of the molecule is NCC1(C(=O)Nc2ccc(NC(=O)c3cccs3)cc2)CCOCC1. The van der Waals surface area contributed by atoms with Crippen molar-refractivity contribution in [1.29, 1.82) is 0 Å². The first-order chi connectivity index (χ1) is 12.1. The van der Waals surface area contributed by atoms with E-state index in [9.17, 15) is 9.59 Å². The molecule has 6 nitrogen and oxygen atoms in total. The van der Waals surface area contributed by atoms with E-state index in [1.54, 1.807) is 30.3 Å². The van der Waals surface area contributed by atoms with Gasteiger partial charge in [-0.3, -0.25) is 9.59 Å². The zero-order valence-corrected chi connectivity index (χ0v) is 14.6. The van der Waals surface area contributed by atoms with Gasteiger partial charge in [0.2, 0.25) is 5.91 Å². The maximum absolute atomic E-state index is 12.6. The topological polar surface area (TPSA) is 93.5 Å². The molecule has 132 valence electrons. The molecule has 1 aliphatic rings. The summed E-state index contributed by atoms with van der Waals surface area (Å²) < 4.78 is 5.34. The lowest BCUT2D eigenvalue weighted by Crippen LogP contribution is -2.46. The average molecular weight is 359 g/mol. The van der Waals surface area contributed by atoms with Crippen LogP contribution in [0.25, 0.3) is 0 Å². The smallest absolute Gasteiger partial charge is 0.265 e. The summed E-state index contributed by atoms with van der Waals surface area (Å²) in [7, 11) is 0. The van der Waals surface area contributed by atoms with Crippen LogP contribution in [0.4, 0.5) is 11.4 Å². The van der Waals surface area contributed by atoms with Crippen molar-refractivity contribution >= 4 is 34.5 Å². The molecule has 7 heteroatoms. The van der Waals surface area contributed by atoms with Crippen LogP contribution in [0.1, 0.15) is 22.5 Å². The Morgan fingerprint density at radius 3 is 2.28 bits per heavy atom. The van der Waals surface area contributed by atoms with Crippen LogP contribution in [0.3, 0.4) is 0 Å². The molecule has 1 aromatic heterocycles. The van der Waals surface area contributed by atoms with E-state index in [0.29, 0.717) is 48.9 Å². The Bertz CT molecular complexity index is 723. The number of carbonyl (C=O) groups is 2. The van der Waals surface area contributed by atoms with Gasteiger partial charge in [0.1, 0.15) is 0 Å². The molecular formula is C18H21N3O3S. The van der Waals surface area contributed by atoms with Crippen molar-refractivity contribution in [3.8, 4) is 0 Å². The van der Waals surface area contributed by atoms with Crippen LogP contribution < -0.4 is 16.4 Å². The molecule has 25 heavy (non-hydrogen) atoms. The lowest BCUT2D eigenvalue weighted by molar-refractivity contribution is -0.130. The second-order valence-electron chi connectivity index (χ2n) is 6.06. The fourth-order valence-electron chi connectivity index (χ4n) is 2.79. The summed E-state index contributed by atoms with van der Waals surface area (Å²) in [6.07, 6.45) is 1.26. The number of amides is 2. The Kier molecular flexibility index (Phi) is 5.47. The van der Waals surface area contributed by atoms with Crippen LogP contribution in [0, 0.1) is 5.41 Å². The number of anilines is 2. The van der Waals surface area contributed by atoms with E-state index >= 15 is 0 Å². The fraction of sp³-hybridized carbons (Fsp3) is 0.333. The van der Waals surface area contributed by atoms with Crippen molar-refractivity contribution in [2.75, 3.05) is 30.4 Å². The van der Waals surface area contributed by atoms with Crippen molar-refractivity contribution in [2.24, 2.45) is 11.1 Å². The molecular weight excluding hydrogens is 338 g/mol. The molecule has 1 aromatic carbocycles. The number of nitrogens with two attached hydrogens (primary N) is 1. The largest absolute Gasteiger partial charge is 0.381 e. The maximum atomic E-state index is 12.6. The molecule has 3 rings (SSSR count). The third-order valence-corrected chi connectivity index (χ3v) is 5.34. The van der Waals surface area contributed by atoms with Gasteiger partial charge in [0.05, 0.1) is 10.3 Å². The number of benzene rings is 1. The van der Waals surface area contributed by atoms with Crippen molar-refractivity contribution < 1.29 is 14.3 Å². The summed E-state index contributed by atoms with van der Waals surface area (Å²) in [6.45, 7) is 1.41. The standard InChI is InChI=1S/C18H21N3O3S/c19-12-18(7-9-24-10-8-18)17(23)21-14-5-3-13(4-6-14)20-16(22)15-2-1-11-25-15/h1-6,11H,7-10,12,19H2,(H,20,22)(H,21,23). The molecule has 1 fully saturated rings. The van der Waals surface area contributed by atoms with Gasteiger partial charge < -0.3 is 21.1 Å². The Morgan fingerprint density at radius 2 is 1.72 bits per heavy atom. The van der Waals surface area contributed by atoms with E-state index in [0.717, 1.165) is 0 Å². The zero-order valence-electron chi connectivity index (χ0n) is 13.8. The minimum Gasteiger partial charge on any atom is -0.381 e. The monoisotopic (exact) mass is 359 g/mol. The van der Waals surface area contributed by atoms with Gasteiger partial charge >= 0.3 is 0 Å². The van der Waals surface area contributed by atoms with Gasteiger partial charge in [0.15, 0.2) is 0 Å². The lowest BCUT2D eigenvalue weighted by atomic mass is 9.79. The van der Waals surface area contributed by atoms with Crippen LogP contribution >= 0.6 is 11.3 Å². The predicted octanol–water partition coefficient (Wildman–Crippen LogP) is 2.69. The molecule has 1 aliphatic heterocycles. The molecule has 0 radical (unpaired) electrons. The normalized spacial score (nSPS) is 16.2. The van der Waals surface area contributed by atoms with E-state index in [1.165, 1.54) is 11.3 Å². The van der Waals surface area contributed by atoms with Gasteiger partial charge in [0, 0.05) is 31.1 Å². The minimum absolute atomic E-state index is 0.0753. The Morgan fingerprint density at radius 1 is 1.08 bits per heavy atom. The first kappa shape index (κ1) is 17.6. The third kappa shape index (κ3) is 4.07. The van der Waals surface area contributed by atoms with Crippen molar-refractivity contribution in [3.63, 3.8) is 0 Å². The van der Waals surface area contributed by atoms with Gasteiger partial charge in [-0.25, -0.2) is 0 Å². The average Bonchev–Trinajstić information content (AvgIpc) is 3.19. The highest BCUT2D eigenvalue weighted by Gasteiger charge is 2.38. The van der Waals surface area contributed by atoms with Gasteiger partial charge in [-0.1, -0.05) is 6.07 Å². The Balaban J connectivity index is 1.62. The first-order valence-corrected chi connectivity index (χ1v) is 9.05. The van der Waals surface area contributed by atoms with Gasteiger partial charge in [-0.15, -0.1) is 11.3 Å². The number of hydrogen-bond acceptors (Lipinski definition) is 5. The maximum Gasteiger partial charge on any atom is 0.265 e. The zero-order chi connectivity index (χ0) is 17.7. The molecule has 2 heterocycles. The summed E-state index contributed by atoms with van der Waals surface area (Å²) >= 11 is 1.39. The van der Waals surface area contributed by atoms with Gasteiger partial charge in [-0.05, 0) is 48.6 Å². The molecule has 4 N–H and O–H groups in total. The number of ether oxygens (including phenoxy) is 1. The number of hydrogen-bond donors (Lipinski definition) is 3. The summed E-state index contributed by atoms with van der Waals surface area (Å²) in [6, 6.07) is 10.7. The lowest BCUT2D eigenvalue weighted by Gasteiger charge is -2.34. The molecule has 0 atom stereocenters. The first-order valence-electron chi connectivity index (χ1n) is 8.17. The van der Waals surface area contributed by atoms with Crippen molar-refractivity contribution in [3.05, 3.63) is 46.7 Å². The van der Waals surface area contributed by atoms with Crippen LogP contribution in [-0.2, 0) is 9.53 Å². The Hall–Kier alpha value is -2.22. The van der Waals surface area contributed by atoms with E-state index in [4.69, 9.17) is 10.5 Å². The van der Waals surface area contributed by atoms with Crippen LogP contribution in [0.15, 0.2) is 41.8 Å². The number of carbonyl (C=O) groups excluding carboxylic acids is 2. The van der Waals surface area contributed by atoms with E-state index < -0.39 is 5.41 Å². The van der Waals surface area contributed by atoms with E-state index in [1.807, 2.05) is 11.4 Å². The molecule has 2 amide bonds. The highest BCUT2D eigenvalue weighted by Crippen LogP contribution is 2.31. The highest BCUT2D eigenvalue weighted by molar-refractivity contribution is 7.12. The fourth-order valence-corrected chi connectivity index (χ4v) is 3.41. The van der Waals surface area contributed by atoms with E-state index in [-0.39, 0.29) is 11.8 Å². The summed E-state index contributed by atoms with van der Waals surface area (Å²) in [5, 5.41) is 7.61. The van der Waals surface area contributed by atoms with E-state index in [2.05, 4.69) is 10.6 Å². The summed E-state index contributed by atoms with van der Waals surface area (Å²) in [5.41, 5.74) is 6.65. The molecule has 0 aliphatic carbocycles. The Labute approximate surface area is 150 Å². The molecule has 0 bridgehead atoms. The second kappa shape index (κ2) is 7.77. The molecule has 0 unspecified atom stereocenters. The number of thiophene rings is 1. The van der Waals surface area contributed by atoms with Crippen LogP contribution in [0.5, 0.6) is 0 Å². The van der Waals surface area contributed by atoms with Gasteiger partial charge in [0.25, 0.3) is 5.91 Å². The molecule has 1 saturated heterocycles. The van der Waals surface area contributed by atoms with Crippen molar-refractivity contribution in [1.82, 2.24) is 0 Å². The number of rotatable bonds is 5. The second-order valence-corrected chi connectivity index (χ2v) is 7.01.